The zero-order chi connectivity index (χ0) is 6.69. The summed E-state index contributed by atoms with van der Waals surface area (Å²) in [7, 11) is 0. The molecule has 3 nitrogen and oxygen atoms in total. The van der Waals surface area contributed by atoms with Crippen molar-refractivity contribution < 1.29 is 4.74 Å². The molecule has 0 fully saturated rings. The Bertz CT molecular complexity index is 204. The van der Waals surface area contributed by atoms with Crippen LogP contribution in [-0.2, 0) is 4.74 Å². The molecule has 0 saturated carbocycles. The summed E-state index contributed by atoms with van der Waals surface area (Å²) in [5.41, 5.74) is 0.470. The Labute approximate surface area is 52.8 Å². The maximum atomic E-state index is 8.33. The largest absolute Gasteiger partial charge is 0.483 e. The second-order valence-corrected chi connectivity index (χ2v) is 1.63. The lowest BCUT2D eigenvalue weighted by Gasteiger charge is -1.86. The molecule has 0 N–H and O–H groups in total. The van der Waals surface area contributed by atoms with Crippen molar-refractivity contribution in [2.75, 3.05) is 6.61 Å². The number of hydrogen-bond acceptors (Lipinski definition) is 3. The predicted octanol–water partition coefficient (Wildman–Crippen LogP) is 0.708. The van der Waals surface area contributed by atoms with Crippen LogP contribution in [0.5, 0.6) is 0 Å². The van der Waals surface area contributed by atoms with Crippen LogP contribution in [0.25, 0.3) is 0 Å². The summed E-state index contributed by atoms with van der Waals surface area (Å²) in [5, 5.41) is 16.6. The third kappa shape index (κ3) is 0.850. The summed E-state index contributed by atoms with van der Waals surface area (Å²) in [5.74, 6) is 0.192. The molecule has 1 heterocycles. The molecule has 0 spiro atoms. The molecule has 1 rings (SSSR count). The first-order valence-electron chi connectivity index (χ1n) is 2.54. The van der Waals surface area contributed by atoms with Gasteiger partial charge in [-0.15, -0.1) is 0 Å². The minimum absolute atomic E-state index is 0.192. The number of nitrogens with zero attached hydrogens (tertiary/aromatic N) is 2. The highest BCUT2D eigenvalue weighted by Gasteiger charge is 2.13. The van der Waals surface area contributed by atoms with Crippen LogP contribution >= 0.6 is 0 Å². The summed E-state index contributed by atoms with van der Waals surface area (Å²) in [6.07, 6.45) is 0.583. The van der Waals surface area contributed by atoms with Crippen LogP contribution in [0.15, 0.2) is 11.3 Å². The van der Waals surface area contributed by atoms with Gasteiger partial charge in [0.1, 0.15) is 6.07 Å². The molecule has 44 valence electrons. The van der Waals surface area contributed by atoms with Crippen molar-refractivity contribution in [3.8, 4) is 12.1 Å². The fraction of sp³-hybridized carbons (Fsp3) is 0.333. The minimum atomic E-state index is 0.192. The maximum absolute atomic E-state index is 8.33. The van der Waals surface area contributed by atoms with Crippen LogP contribution in [-0.4, -0.2) is 6.61 Å². The van der Waals surface area contributed by atoms with Crippen molar-refractivity contribution in [3.05, 3.63) is 11.3 Å². The van der Waals surface area contributed by atoms with Gasteiger partial charge >= 0.3 is 0 Å². The van der Waals surface area contributed by atoms with Crippen LogP contribution in [0.2, 0.25) is 0 Å². The summed E-state index contributed by atoms with van der Waals surface area (Å²) < 4.78 is 4.80. The molecule has 0 bridgehead atoms. The SMILES string of the molecule is N#CC1=C(C#N)OCC1. The third-order valence-electron chi connectivity index (χ3n) is 1.11. The van der Waals surface area contributed by atoms with Crippen LogP contribution < -0.4 is 0 Å². The zero-order valence-electron chi connectivity index (χ0n) is 4.72. The van der Waals surface area contributed by atoms with E-state index in [0.717, 1.165) is 0 Å². The van der Waals surface area contributed by atoms with E-state index < -0.39 is 0 Å². The fourth-order valence-electron chi connectivity index (χ4n) is 0.662. The molecular weight excluding hydrogens is 116 g/mol. The van der Waals surface area contributed by atoms with Crippen LogP contribution in [0, 0.1) is 22.7 Å². The van der Waals surface area contributed by atoms with E-state index in [1.54, 1.807) is 6.07 Å². The number of ether oxygens (including phenoxy) is 1. The first-order valence-corrected chi connectivity index (χ1v) is 2.54. The second kappa shape index (κ2) is 2.19. The maximum Gasteiger partial charge on any atom is 0.211 e. The Morgan fingerprint density at radius 3 is 2.56 bits per heavy atom. The van der Waals surface area contributed by atoms with E-state index in [-0.39, 0.29) is 5.76 Å². The molecule has 3 heteroatoms. The van der Waals surface area contributed by atoms with E-state index >= 15 is 0 Å². The molecule has 0 aromatic carbocycles. The predicted molar refractivity (Wildman–Crippen MR) is 28.8 cm³/mol. The average molecular weight is 120 g/mol. The van der Waals surface area contributed by atoms with E-state index in [2.05, 4.69) is 0 Å². The molecule has 0 amide bonds. The highest BCUT2D eigenvalue weighted by atomic mass is 16.5. The molecule has 0 saturated heterocycles. The van der Waals surface area contributed by atoms with E-state index in [0.29, 0.717) is 18.6 Å². The summed E-state index contributed by atoms with van der Waals surface area (Å²) in [6.45, 7) is 0.478. The van der Waals surface area contributed by atoms with Crippen molar-refractivity contribution in [1.29, 1.82) is 10.5 Å². The van der Waals surface area contributed by atoms with Crippen molar-refractivity contribution in [2.45, 2.75) is 6.42 Å². The number of nitriles is 2. The zero-order valence-corrected chi connectivity index (χ0v) is 4.72. The number of allylic oxidation sites excluding steroid dienone is 1. The smallest absolute Gasteiger partial charge is 0.211 e. The Morgan fingerprint density at radius 1 is 1.33 bits per heavy atom. The van der Waals surface area contributed by atoms with Crippen molar-refractivity contribution in [2.24, 2.45) is 0 Å². The van der Waals surface area contributed by atoms with E-state index in [1.807, 2.05) is 6.07 Å². The fourth-order valence-corrected chi connectivity index (χ4v) is 0.662. The quantitative estimate of drug-likeness (QED) is 0.473. The molecule has 1 aliphatic rings. The summed E-state index contributed by atoms with van der Waals surface area (Å²) in [4.78, 5) is 0. The lowest BCUT2D eigenvalue weighted by atomic mass is 10.2. The molecule has 0 radical (unpaired) electrons. The highest BCUT2D eigenvalue weighted by molar-refractivity contribution is 5.34. The van der Waals surface area contributed by atoms with Gasteiger partial charge in [0.2, 0.25) is 5.76 Å². The molecule has 0 aromatic rings. The topological polar surface area (TPSA) is 56.8 Å². The van der Waals surface area contributed by atoms with E-state index in [1.165, 1.54) is 0 Å². The first-order chi connectivity index (χ1) is 4.38. The van der Waals surface area contributed by atoms with Crippen molar-refractivity contribution in [3.63, 3.8) is 0 Å². The Balaban J connectivity index is 2.90. The summed E-state index contributed by atoms with van der Waals surface area (Å²) >= 11 is 0. The molecule has 0 atom stereocenters. The minimum Gasteiger partial charge on any atom is -0.483 e. The van der Waals surface area contributed by atoms with Gasteiger partial charge in [0, 0.05) is 6.42 Å². The molecule has 0 aliphatic carbocycles. The standard InChI is InChI=1S/C6H4N2O/c7-3-5-1-2-9-6(5)4-8/h1-2H2. The Hall–Kier alpha value is -1.48. The average Bonchev–Trinajstić information content (AvgIpc) is 2.33. The van der Waals surface area contributed by atoms with E-state index in [4.69, 9.17) is 15.3 Å². The van der Waals surface area contributed by atoms with Gasteiger partial charge in [0.15, 0.2) is 0 Å². The van der Waals surface area contributed by atoms with Crippen LogP contribution in [0.1, 0.15) is 6.42 Å². The van der Waals surface area contributed by atoms with Gasteiger partial charge < -0.3 is 4.74 Å². The first kappa shape index (κ1) is 5.65. The molecule has 0 unspecified atom stereocenters. The number of hydrogen-bond donors (Lipinski definition) is 0. The van der Waals surface area contributed by atoms with Gasteiger partial charge in [-0.1, -0.05) is 0 Å². The van der Waals surface area contributed by atoms with Crippen LogP contribution in [0.3, 0.4) is 0 Å². The molecule has 0 aromatic heterocycles. The lowest BCUT2D eigenvalue weighted by molar-refractivity contribution is 0.259. The van der Waals surface area contributed by atoms with Crippen molar-refractivity contribution in [1.82, 2.24) is 0 Å². The van der Waals surface area contributed by atoms with E-state index in [9.17, 15) is 0 Å². The Kier molecular flexibility index (Phi) is 1.38. The van der Waals surface area contributed by atoms with Gasteiger partial charge in [-0.3, -0.25) is 0 Å². The lowest BCUT2D eigenvalue weighted by Crippen LogP contribution is -1.78. The highest BCUT2D eigenvalue weighted by Crippen LogP contribution is 2.16. The van der Waals surface area contributed by atoms with Gasteiger partial charge in [-0.25, -0.2) is 0 Å². The normalized spacial score (nSPS) is 16.2. The summed E-state index contributed by atoms with van der Waals surface area (Å²) in [6, 6.07) is 3.70. The second-order valence-electron chi connectivity index (χ2n) is 1.63. The monoisotopic (exact) mass is 120 g/mol. The Morgan fingerprint density at radius 2 is 2.11 bits per heavy atom. The van der Waals surface area contributed by atoms with Gasteiger partial charge in [0.25, 0.3) is 0 Å². The van der Waals surface area contributed by atoms with Crippen LogP contribution in [0.4, 0.5) is 0 Å². The molecule has 9 heavy (non-hydrogen) atoms. The van der Waals surface area contributed by atoms with Crippen molar-refractivity contribution >= 4 is 0 Å². The molecular formula is C6H4N2O. The van der Waals surface area contributed by atoms with Gasteiger partial charge in [0.05, 0.1) is 18.2 Å². The van der Waals surface area contributed by atoms with Gasteiger partial charge in [-0.05, 0) is 0 Å². The van der Waals surface area contributed by atoms with Gasteiger partial charge in [-0.2, -0.15) is 10.5 Å². The third-order valence-corrected chi connectivity index (χ3v) is 1.11. The number of rotatable bonds is 0. The molecule has 1 aliphatic heterocycles.